The van der Waals surface area contributed by atoms with Crippen LogP contribution in [0, 0.1) is 0 Å². The van der Waals surface area contributed by atoms with Crippen LogP contribution in [0.15, 0.2) is 326 Å². The van der Waals surface area contributed by atoms with Crippen LogP contribution in [-0.4, -0.2) is 4.98 Å². The van der Waals surface area contributed by atoms with Gasteiger partial charge in [0.15, 0.2) is 12.0 Å². The SMILES string of the molecule is c1ccc(C2(c3ccccc3)c3ccccc3-c3ccc(Nc4cc5ccccc5c5c4-c4ccc(-c6cc7c(c8ccccc68)C6(c8ccccc8-c8ccccc86)c6cc(Nc8ccc9ocnc9c8)ccc6-7)cc4C54c5ccccc5-c5ccccc54)cc32)cc1. The molecule has 0 radical (unpaired) electrons. The van der Waals surface area contributed by atoms with E-state index >= 15 is 0 Å². The third-order valence-electron chi connectivity index (χ3n) is 21.8. The number of aromatic nitrogens is 1. The first kappa shape index (κ1) is 51.6. The average Bonchev–Trinajstić information content (AvgIpc) is 1.49. The van der Waals surface area contributed by atoms with Crippen LogP contribution in [0.1, 0.15) is 66.8 Å². The average molecular weight is 1190 g/mol. The molecular formula is C90H55N3O. The Bertz CT molecular complexity index is 5820. The summed E-state index contributed by atoms with van der Waals surface area (Å²) in [4.78, 5) is 4.50. The number of anilines is 4. The molecule has 0 saturated carbocycles. The van der Waals surface area contributed by atoms with Gasteiger partial charge in [-0.05, 0) is 210 Å². The predicted molar refractivity (Wildman–Crippen MR) is 384 cm³/mol. The van der Waals surface area contributed by atoms with E-state index in [9.17, 15) is 0 Å². The van der Waals surface area contributed by atoms with Crippen molar-refractivity contribution < 1.29 is 4.42 Å². The van der Waals surface area contributed by atoms with Gasteiger partial charge in [0.05, 0.1) is 16.2 Å². The summed E-state index contributed by atoms with van der Waals surface area (Å²) < 4.78 is 5.66. The standard InChI is InChI=1S/C90H55N3O/c1-3-22-56(23-4-1)88(57-24-5-2-6-25-57)74-34-16-11-32-67(74)68-44-41-59(50-80(68)88)93-83-48-54-21-7-8-26-61(54)87-85(83)71-43-39-55(47-79(71)90(87)77-37-19-14-30-65(77)66-31-15-20-38-78(66)90)72-52-73-69-45-40-58(92-60-42-46-84-82(51-60)91-53-94-84)49-81(69)89(86(73)70-33-10-9-27-62(70)72)75-35-17-12-28-63(75)64-29-13-18-36-76(64)89/h1-53,92-93H. The zero-order valence-corrected chi connectivity index (χ0v) is 51.0. The number of fused-ring (bicyclic) bond motifs is 28. The van der Waals surface area contributed by atoms with Crippen molar-refractivity contribution in [2.75, 3.05) is 10.6 Å². The van der Waals surface area contributed by atoms with Crippen molar-refractivity contribution in [1.29, 1.82) is 0 Å². The Balaban J connectivity index is 0.803. The molecule has 4 heteroatoms. The molecule has 0 bridgehead atoms. The van der Waals surface area contributed by atoms with E-state index in [2.05, 4.69) is 325 Å². The summed E-state index contributed by atoms with van der Waals surface area (Å²) in [5.41, 5.74) is 34.2. The highest BCUT2D eigenvalue weighted by Gasteiger charge is 2.55. The first-order valence-corrected chi connectivity index (χ1v) is 32.6. The fraction of sp³-hybridized carbons (Fsp3) is 0.0333. The molecule has 94 heavy (non-hydrogen) atoms. The molecule has 4 nitrogen and oxygen atoms in total. The summed E-state index contributed by atoms with van der Waals surface area (Å²) in [6, 6.07) is 119. The van der Waals surface area contributed by atoms with Gasteiger partial charge >= 0.3 is 0 Å². The predicted octanol–water partition coefficient (Wildman–Crippen LogP) is 22.3. The zero-order chi connectivity index (χ0) is 61.4. The van der Waals surface area contributed by atoms with E-state index in [0.29, 0.717) is 0 Å². The van der Waals surface area contributed by atoms with E-state index in [4.69, 9.17) is 4.42 Å². The molecule has 5 aliphatic carbocycles. The van der Waals surface area contributed by atoms with Gasteiger partial charge < -0.3 is 15.1 Å². The summed E-state index contributed by atoms with van der Waals surface area (Å²) in [5.74, 6) is 0. The van der Waals surface area contributed by atoms with Crippen LogP contribution in [0.25, 0.3) is 99.4 Å². The molecule has 0 aliphatic heterocycles. The molecule has 16 aromatic rings. The van der Waals surface area contributed by atoms with Crippen LogP contribution >= 0.6 is 0 Å². The fourth-order valence-corrected chi connectivity index (χ4v) is 18.4. The first-order valence-electron chi connectivity index (χ1n) is 32.6. The quantitative estimate of drug-likeness (QED) is 0.167. The van der Waals surface area contributed by atoms with Crippen LogP contribution in [0.2, 0.25) is 0 Å². The second-order valence-corrected chi connectivity index (χ2v) is 26.1. The van der Waals surface area contributed by atoms with Gasteiger partial charge in [0.25, 0.3) is 0 Å². The Morgan fingerprint density at radius 3 is 1.34 bits per heavy atom. The van der Waals surface area contributed by atoms with Crippen molar-refractivity contribution in [1.82, 2.24) is 4.98 Å². The highest BCUT2D eigenvalue weighted by molar-refractivity contribution is 6.13. The van der Waals surface area contributed by atoms with Gasteiger partial charge in [-0.25, -0.2) is 4.98 Å². The molecule has 1 aromatic heterocycles. The van der Waals surface area contributed by atoms with E-state index < -0.39 is 16.2 Å². The number of hydrogen-bond donors (Lipinski definition) is 2. The number of oxazole rings is 1. The molecule has 0 fully saturated rings. The van der Waals surface area contributed by atoms with Crippen molar-refractivity contribution in [3.05, 3.63) is 389 Å². The molecule has 21 rings (SSSR count). The van der Waals surface area contributed by atoms with Crippen LogP contribution in [0.5, 0.6) is 0 Å². The maximum absolute atomic E-state index is 5.66. The summed E-state index contributed by atoms with van der Waals surface area (Å²) in [7, 11) is 0. The topological polar surface area (TPSA) is 50.1 Å². The van der Waals surface area contributed by atoms with Crippen molar-refractivity contribution >= 4 is 55.4 Å². The van der Waals surface area contributed by atoms with Gasteiger partial charge in [-0.15, -0.1) is 0 Å². The molecule has 0 atom stereocenters. The van der Waals surface area contributed by atoms with Crippen LogP contribution < -0.4 is 10.6 Å². The molecule has 5 aliphatic rings. The summed E-state index contributed by atoms with van der Waals surface area (Å²) in [5, 5.41) is 13.0. The number of rotatable bonds is 7. The van der Waals surface area contributed by atoms with Gasteiger partial charge in [-0.1, -0.05) is 255 Å². The Hall–Kier alpha value is -12.1. The molecule has 436 valence electrons. The summed E-state index contributed by atoms with van der Waals surface area (Å²) >= 11 is 0. The smallest absolute Gasteiger partial charge is 0.181 e. The summed E-state index contributed by atoms with van der Waals surface area (Å²) in [6.07, 6.45) is 1.51. The van der Waals surface area contributed by atoms with Gasteiger partial charge in [0.2, 0.25) is 0 Å². The lowest BCUT2D eigenvalue weighted by Gasteiger charge is -2.34. The number of nitrogens with one attached hydrogen (secondary N) is 2. The summed E-state index contributed by atoms with van der Waals surface area (Å²) in [6.45, 7) is 0. The van der Waals surface area contributed by atoms with Gasteiger partial charge in [-0.3, -0.25) is 0 Å². The first-order chi connectivity index (χ1) is 46.6. The number of hydrogen-bond acceptors (Lipinski definition) is 4. The largest absolute Gasteiger partial charge is 0.443 e. The number of nitrogens with zero attached hydrogens (tertiary/aromatic N) is 1. The minimum atomic E-state index is -0.678. The Morgan fingerprint density at radius 1 is 0.277 bits per heavy atom. The maximum atomic E-state index is 5.66. The van der Waals surface area contributed by atoms with Gasteiger partial charge in [0, 0.05) is 28.3 Å². The normalized spacial score (nSPS) is 14.4. The minimum Gasteiger partial charge on any atom is -0.443 e. The highest BCUT2D eigenvalue weighted by Crippen LogP contribution is 2.68. The third kappa shape index (κ3) is 6.58. The lowest BCUT2D eigenvalue weighted by atomic mass is 9.67. The molecule has 0 saturated heterocycles. The molecule has 0 amide bonds. The van der Waals surface area contributed by atoms with Crippen LogP contribution in [-0.2, 0) is 16.2 Å². The monoisotopic (exact) mass is 1190 g/mol. The number of benzene rings is 15. The Labute approximate surface area is 543 Å². The highest BCUT2D eigenvalue weighted by atomic mass is 16.3. The maximum Gasteiger partial charge on any atom is 0.181 e. The lowest BCUT2D eigenvalue weighted by Crippen LogP contribution is -2.28. The Kier molecular flexibility index (Phi) is 10.4. The molecule has 2 spiro atoms. The van der Waals surface area contributed by atoms with Crippen LogP contribution in [0.4, 0.5) is 22.7 Å². The van der Waals surface area contributed by atoms with Crippen LogP contribution in [0.3, 0.4) is 0 Å². The third-order valence-corrected chi connectivity index (χ3v) is 21.8. The molecule has 1 heterocycles. The van der Waals surface area contributed by atoms with Gasteiger partial charge in [-0.2, -0.15) is 0 Å². The molecule has 2 N–H and O–H groups in total. The molecule has 15 aromatic carbocycles. The minimum absolute atomic E-state index is 0.548. The van der Waals surface area contributed by atoms with Gasteiger partial charge in [0.1, 0.15) is 5.52 Å². The second-order valence-electron chi connectivity index (χ2n) is 26.1. The van der Waals surface area contributed by atoms with Crippen molar-refractivity contribution in [3.63, 3.8) is 0 Å². The molecular weight excluding hydrogens is 1140 g/mol. The van der Waals surface area contributed by atoms with Crippen molar-refractivity contribution in [2.24, 2.45) is 0 Å². The molecule has 0 unspecified atom stereocenters. The van der Waals surface area contributed by atoms with Crippen molar-refractivity contribution in [2.45, 2.75) is 16.2 Å². The van der Waals surface area contributed by atoms with E-state index in [0.717, 1.165) is 33.8 Å². The van der Waals surface area contributed by atoms with E-state index in [1.165, 1.54) is 161 Å². The zero-order valence-electron chi connectivity index (χ0n) is 51.0. The second kappa shape index (κ2) is 19.0. The Morgan fingerprint density at radius 2 is 0.723 bits per heavy atom. The van der Waals surface area contributed by atoms with E-state index in [1.54, 1.807) is 0 Å². The van der Waals surface area contributed by atoms with E-state index in [1.807, 2.05) is 6.07 Å². The fourth-order valence-electron chi connectivity index (χ4n) is 18.4. The lowest BCUT2D eigenvalue weighted by molar-refractivity contribution is 0.602. The van der Waals surface area contributed by atoms with Crippen molar-refractivity contribution in [3.8, 4) is 66.8 Å². The van der Waals surface area contributed by atoms with E-state index in [-0.39, 0.29) is 0 Å².